The Morgan fingerprint density at radius 2 is 1.95 bits per heavy atom. The fraction of sp³-hybridized carbons (Fsp3) is 0.0625. The number of anilines is 1. The summed E-state index contributed by atoms with van der Waals surface area (Å²) in [5, 5.41) is 15.3. The molecule has 0 saturated heterocycles. The lowest BCUT2D eigenvalue weighted by molar-refractivity contribution is 0.469. The first-order valence-electron chi connectivity index (χ1n) is 6.39. The van der Waals surface area contributed by atoms with Gasteiger partial charge in [-0.2, -0.15) is 0 Å². The minimum absolute atomic E-state index is 0.211. The van der Waals surface area contributed by atoms with E-state index in [1.807, 2.05) is 18.2 Å². The molecule has 0 saturated carbocycles. The highest BCUT2D eigenvalue weighted by Crippen LogP contribution is 2.29. The van der Waals surface area contributed by atoms with Gasteiger partial charge in [-0.05, 0) is 42.5 Å². The van der Waals surface area contributed by atoms with Gasteiger partial charge in [0.1, 0.15) is 5.75 Å². The molecule has 0 bridgehead atoms. The molecule has 1 heterocycles. The lowest BCUT2D eigenvalue weighted by atomic mass is 10.1. The number of hydrogen-bond donors (Lipinski definition) is 2. The van der Waals surface area contributed by atoms with Crippen LogP contribution >= 0.6 is 23.2 Å². The molecule has 3 nitrogen and oxygen atoms in total. The first-order chi connectivity index (χ1) is 10.1. The van der Waals surface area contributed by atoms with Crippen LogP contribution in [0.4, 0.5) is 5.69 Å². The molecule has 0 aliphatic heterocycles. The molecule has 1 aromatic heterocycles. The minimum atomic E-state index is 0.211. The van der Waals surface area contributed by atoms with Gasteiger partial charge in [0.05, 0.1) is 10.5 Å². The van der Waals surface area contributed by atoms with Crippen LogP contribution in [-0.2, 0) is 6.54 Å². The number of rotatable bonds is 3. The molecule has 0 radical (unpaired) electrons. The predicted molar refractivity (Wildman–Crippen MR) is 87.2 cm³/mol. The number of nitrogens with one attached hydrogen (secondary N) is 1. The van der Waals surface area contributed by atoms with Crippen LogP contribution in [0.3, 0.4) is 0 Å². The van der Waals surface area contributed by atoms with E-state index >= 15 is 0 Å². The van der Waals surface area contributed by atoms with E-state index in [0.29, 0.717) is 16.6 Å². The van der Waals surface area contributed by atoms with Crippen molar-refractivity contribution >= 4 is 39.8 Å². The third-order valence-electron chi connectivity index (χ3n) is 3.23. The smallest absolute Gasteiger partial charge is 0.120 e. The van der Waals surface area contributed by atoms with Crippen molar-refractivity contribution in [2.45, 2.75) is 6.54 Å². The van der Waals surface area contributed by atoms with Gasteiger partial charge in [0.2, 0.25) is 0 Å². The zero-order valence-electron chi connectivity index (χ0n) is 11.0. The summed E-state index contributed by atoms with van der Waals surface area (Å²) in [6.45, 7) is 0.456. The van der Waals surface area contributed by atoms with Gasteiger partial charge in [0.25, 0.3) is 0 Å². The van der Waals surface area contributed by atoms with Crippen molar-refractivity contribution in [2.75, 3.05) is 5.32 Å². The Hall–Kier alpha value is -1.97. The Balaban J connectivity index is 1.92. The summed E-state index contributed by atoms with van der Waals surface area (Å²) >= 11 is 12.1. The van der Waals surface area contributed by atoms with Crippen molar-refractivity contribution in [3.05, 3.63) is 64.3 Å². The lowest BCUT2D eigenvalue weighted by Crippen LogP contribution is -2.00. The van der Waals surface area contributed by atoms with Crippen LogP contribution in [-0.4, -0.2) is 10.1 Å². The average molecular weight is 319 g/mol. The summed E-state index contributed by atoms with van der Waals surface area (Å²) in [6, 6.07) is 12.5. The van der Waals surface area contributed by atoms with E-state index in [-0.39, 0.29) is 5.75 Å². The van der Waals surface area contributed by atoms with Crippen molar-refractivity contribution in [2.24, 2.45) is 0 Å². The second-order valence-electron chi connectivity index (χ2n) is 4.62. The van der Waals surface area contributed by atoms with Crippen LogP contribution < -0.4 is 5.32 Å². The summed E-state index contributed by atoms with van der Waals surface area (Å²) < 4.78 is 0. The summed E-state index contributed by atoms with van der Waals surface area (Å²) in [4.78, 5) is 4.29. The third kappa shape index (κ3) is 2.89. The molecule has 0 aliphatic rings. The number of fused-ring (bicyclic) bond motifs is 1. The fourth-order valence-corrected chi connectivity index (χ4v) is 2.59. The standard InChI is InChI=1S/C16H12Cl2N2O/c17-11-3-6-15(21)10(8-11)9-20-14-5-4-13(18)16-12(14)2-1-7-19-16/h1-8,20-21H,9H2. The average Bonchev–Trinajstić information content (AvgIpc) is 2.50. The SMILES string of the molecule is Oc1ccc(Cl)cc1CNc1ccc(Cl)c2ncccc12. The van der Waals surface area contributed by atoms with Crippen LogP contribution in [0, 0.1) is 0 Å². The Morgan fingerprint density at radius 1 is 1.10 bits per heavy atom. The fourth-order valence-electron chi connectivity index (χ4n) is 2.18. The number of halogens is 2. The first-order valence-corrected chi connectivity index (χ1v) is 7.15. The second-order valence-corrected chi connectivity index (χ2v) is 5.46. The van der Waals surface area contributed by atoms with E-state index in [2.05, 4.69) is 10.3 Å². The Morgan fingerprint density at radius 3 is 2.81 bits per heavy atom. The predicted octanol–water partition coefficient (Wildman–Crippen LogP) is 4.86. The highest BCUT2D eigenvalue weighted by atomic mass is 35.5. The molecule has 0 fully saturated rings. The van der Waals surface area contributed by atoms with Crippen LogP contribution in [0.2, 0.25) is 10.0 Å². The number of phenolic OH excluding ortho intramolecular Hbond substituents is 1. The molecule has 0 spiro atoms. The zero-order chi connectivity index (χ0) is 14.8. The van der Waals surface area contributed by atoms with Crippen molar-refractivity contribution in [1.82, 2.24) is 4.98 Å². The van der Waals surface area contributed by atoms with Crippen LogP contribution in [0.1, 0.15) is 5.56 Å². The molecule has 0 amide bonds. The minimum Gasteiger partial charge on any atom is -0.508 e. The van der Waals surface area contributed by atoms with Crippen molar-refractivity contribution in [3.63, 3.8) is 0 Å². The van der Waals surface area contributed by atoms with Gasteiger partial charge in [0.15, 0.2) is 0 Å². The highest BCUT2D eigenvalue weighted by Gasteiger charge is 2.07. The zero-order valence-corrected chi connectivity index (χ0v) is 12.5. The highest BCUT2D eigenvalue weighted by molar-refractivity contribution is 6.35. The summed E-state index contributed by atoms with van der Waals surface area (Å²) in [5.41, 5.74) is 2.39. The van der Waals surface area contributed by atoms with E-state index < -0.39 is 0 Å². The maximum atomic E-state index is 9.84. The van der Waals surface area contributed by atoms with Gasteiger partial charge in [-0.3, -0.25) is 4.98 Å². The number of benzene rings is 2. The molecule has 5 heteroatoms. The summed E-state index contributed by atoms with van der Waals surface area (Å²) in [6.07, 6.45) is 1.71. The molecule has 0 atom stereocenters. The van der Waals surface area contributed by atoms with Gasteiger partial charge in [-0.25, -0.2) is 0 Å². The molecule has 3 aromatic rings. The monoisotopic (exact) mass is 318 g/mol. The molecule has 0 aliphatic carbocycles. The maximum Gasteiger partial charge on any atom is 0.120 e. The summed E-state index contributed by atoms with van der Waals surface area (Å²) in [7, 11) is 0. The van der Waals surface area contributed by atoms with E-state index in [9.17, 15) is 5.11 Å². The van der Waals surface area contributed by atoms with Crippen molar-refractivity contribution in [1.29, 1.82) is 0 Å². The first kappa shape index (κ1) is 14.0. The number of aromatic hydroxyl groups is 1. The topological polar surface area (TPSA) is 45.1 Å². The van der Waals surface area contributed by atoms with Gasteiger partial charge < -0.3 is 10.4 Å². The molecular weight excluding hydrogens is 307 g/mol. The second kappa shape index (κ2) is 5.80. The molecule has 21 heavy (non-hydrogen) atoms. The number of aromatic nitrogens is 1. The third-order valence-corrected chi connectivity index (χ3v) is 3.77. The maximum absolute atomic E-state index is 9.84. The summed E-state index contributed by atoms with van der Waals surface area (Å²) in [5.74, 6) is 0.211. The molecule has 2 aromatic carbocycles. The van der Waals surface area contributed by atoms with Gasteiger partial charge >= 0.3 is 0 Å². The van der Waals surface area contributed by atoms with Gasteiger partial charge in [0, 0.05) is 34.4 Å². The van der Waals surface area contributed by atoms with E-state index in [4.69, 9.17) is 23.2 Å². The van der Waals surface area contributed by atoms with Crippen LogP contribution in [0.5, 0.6) is 5.75 Å². The van der Waals surface area contributed by atoms with E-state index in [1.165, 1.54) is 0 Å². The number of pyridine rings is 1. The van der Waals surface area contributed by atoms with E-state index in [1.54, 1.807) is 30.5 Å². The van der Waals surface area contributed by atoms with Crippen molar-refractivity contribution < 1.29 is 5.11 Å². The van der Waals surface area contributed by atoms with E-state index in [0.717, 1.165) is 22.2 Å². The van der Waals surface area contributed by atoms with Gasteiger partial charge in [-0.15, -0.1) is 0 Å². The molecule has 106 valence electrons. The van der Waals surface area contributed by atoms with Crippen molar-refractivity contribution in [3.8, 4) is 5.75 Å². The van der Waals surface area contributed by atoms with Crippen LogP contribution in [0.25, 0.3) is 10.9 Å². The molecular formula is C16H12Cl2N2O. The molecule has 2 N–H and O–H groups in total. The normalized spacial score (nSPS) is 10.8. The number of phenols is 1. The largest absolute Gasteiger partial charge is 0.508 e. The number of nitrogens with zero attached hydrogens (tertiary/aromatic N) is 1. The lowest BCUT2D eigenvalue weighted by Gasteiger charge is -2.11. The molecule has 0 unspecified atom stereocenters. The molecule has 3 rings (SSSR count). The quantitative estimate of drug-likeness (QED) is 0.725. The Kier molecular flexibility index (Phi) is 3.86. The Labute approximate surface area is 132 Å². The number of hydrogen-bond acceptors (Lipinski definition) is 3. The van der Waals surface area contributed by atoms with Gasteiger partial charge in [-0.1, -0.05) is 23.2 Å². The van der Waals surface area contributed by atoms with Crippen LogP contribution in [0.15, 0.2) is 48.7 Å². The Bertz CT molecular complexity index is 805.